The molecule has 3 rings (SSSR count). The van der Waals surface area contributed by atoms with Gasteiger partial charge in [0.05, 0.1) is 12.1 Å². The van der Waals surface area contributed by atoms with E-state index in [1.165, 1.54) is 12.8 Å². The summed E-state index contributed by atoms with van der Waals surface area (Å²) < 4.78 is 2.07. The highest BCUT2D eigenvalue weighted by molar-refractivity contribution is 5.93. The molecular formula is C15H22N2O2. The molecule has 2 atom stereocenters. The van der Waals surface area contributed by atoms with E-state index in [1.54, 1.807) is 0 Å². The first-order valence-electron chi connectivity index (χ1n) is 7.41. The van der Waals surface area contributed by atoms with Crippen molar-refractivity contribution in [1.82, 2.24) is 9.88 Å². The highest BCUT2D eigenvalue weighted by atomic mass is 16.3. The molecule has 2 aliphatic rings. The van der Waals surface area contributed by atoms with Crippen LogP contribution in [0.15, 0.2) is 18.3 Å². The molecule has 2 fully saturated rings. The molecule has 19 heavy (non-hydrogen) atoms. The van der Waals surface area contributed by atoms with Crippen LogP contribution in [0.3, 0.4) is 0 Å². The Balaban J connectivity index is 1.67. The van der Waals surface area contributed by atoms with Gasteiger partial charge in [0.15, 0.2) is 0 Å². The molecule has 0 saturated heterocycles. The number of aliphatic hydroxyl groups excluding tert-OH is 1. The van der Waals surface area contributed by atoms with Crippen molar-refractivity contribution in [2.45, 2.75) is 63.1 Å². The minimum absolute atomic E-state index is 0.0390. The predicted octanol–water partition coefficient (Wildman–Crippen LogP) is 2.25. The van der Waals surface area contributed by atoms with E-state index in [0.29, 0.717) is 6.04 Å². The normalized spacial score (nSPS) is 27.8. The Hall–Kier alpha value is -1.29. The lowest BCUT2D eigenvalue weighted by atomic mass is 10.1. The molecule has 2 saturated carbocycles. The lowest BCUT2D eigenvalue weighted by Crippen LogP contribution is -2.43. The van der Waals surface area contributed by atoms with E-state index in [1.807, 2.05) is 18.3 Å². The van der Waals surface area contributed by atoms with Crippen LogP contribution in [0.25, 0.3) is 0 Å². The number of carbonyl (C=O) groups is 1. The van der Waals surface area contributed by atoms with Gasteiger partial charge in [0.1, 0.15) is 5.69 Å². The second-order valence-electron chi connectivity index (χ2n) is 5.82. The molecule has 4 heteroatoms. The van der Waals surface area contributed by atoms with Crippen LogP contribution in [0.5, 0.6) is 0 Å². The zero-order valence-electron chi connectivity index (χ0n) is 11.2. The smallest absolute Gasteiger partial charge is 0.268 e. The fourth-order valence-corrected chi connectivity index (χ4v) is 2.96. The average molecular weight is 262 g/mol. The Morgan fingerprint density at radius 2 is 2.00 bits per heavy atom. The zero-order valence-corrected chi connectivity index (χ0v) is 11.2. The minimum atomic E-state index is -0.393. The van der Waals surface area contributed by atoms with E-state index in [2.05, 4.69) is 9.88 Å². The van der Waals surface area contributed by atoms with Crippen molar-refractivity contribution in [3.8, 4) is 0 Å². The van der Waals surface area contributed by atoms with Crippen LogP contribution in [0.2, 0.25) is 0 Å². The average Bonchev–Trinajstić information content (AvgIpc) is 3.16. The summed E-state index contributed by atoms with van der Waals surface area (Å²) in [6, 6.07) is 4.22. The number of rotatable bonds is 3. The first kappa shape index (κ1) is 12.7. The molecule has 0 aromatic carbocycles. The molecule has 2 aliphatic carbocycles. The molecule has 104 valence electrons. The maximum absolute atomic E-state index is 12.3. The minimum Gasteiger partial charge on any atom is -0.391 e. The van der Waals surface area contributed by atoms with E-state index in [4.69, 9.17) is 0 Å². The maximum atomic E-state index is 12.3. The van der Waals surface area contributed by atoms with Gasteiger partial charge in [-0.3, -0.25) is 4.79 Å². The third-order valence-electron chi connectivity index (χ3n) is 4.25. The summed E-state index contributed by atoms with van der Waals surface area (Å²) >= 11 is 0. The van der Waals surface area contributed by atoms with Crippen molar-refractivity contribution in [2.24, 2.45) is 0 Å². The summed E-state index contributed by atoms with van der Waals surface area (Å²) in [4.78, 5) is 12.3. The molecule has 2 N–H and O–H groups in total. The second-order valence-corrected chi connectivity index (χ2v) is 5.82. The number of aromatic nitrogens is 1. The molecule has 4 nitrogen and oxygen atoms in total. The number of hydrogen-bond acceptors (Lipinski definition) is 2. The van der Waals surface area contributed by atoms with Gasteiger partial charge in [0.25, 0.3) is 5.91 Å². The van der Waals surface area contributed by atoms with Crippen molar-refractivity contribution >= 4 is 5.91 Å². The Morgan fingerprint density at radius 1 is 1.21 bits per heavy atom. The van der Waals surface area contributed by atoms with E-state index in [9.17, 15) is 9.90 Å². The topological polar surface area (TPSA) is 54.3 Å². The van der Waals surface area contributed by atoms with E-state index < -0.39 is 6.10 Å². The highest BCUT2D eigenvalue weighted by Gasteiger charge is 2.29. The van der Waals surface area contributed by atoms with Crippen molar-refractivity contribution in [2.75, 3.05) is 0 Å². The molecule has 0 bridgehead atoms. The van der Waals surface area contributed by atoms with Gasteiger partial charge in [-0.1, -0.05) is 19.3 Å². The van der Waals surface area contributed by atoms with Crippen LogP contribution in [0.4, 0.5) is 0 Å². The number of aliphatic hydroxyl groups is 1. The molecule has 1 heterocycles. The zero-order chi connectivity index (χ0) is 13.2. The van der Waals surface area contributed by atoms with Gasteiger partial charge in [0, 0.05) is 12.2 Å². The van der Waals surface area contributed by atoms with Crippen LogP contribution in [-0.4, -0.2) is 27.7 Å². The van der Waals surface area contributed by atoms with Crippen molar-refractivity contribution < 1.29 is 9.90 Å². The van der Waals surface area contributed by atoms with Gasteiger partial charge < -0.3 is 15.0 Å². The Bertz CT molecular complexity index is 451. The van der Waals surface area contributed by atoms with Gasteiger partial charge in [-0.15, -0.1) is 0 Å². The van der Waals surface area contributed by atoms with Gasteiger partial charge in [-0.05, 0) is 37.8 Å². The lowest BCUT2D eigenvalue weighted by molar-refractivity contribution is 0.0810. The second kappa shape index (κ2) is 5.37. The Morgan fingerprint density at radius 3 is 2.79 bits per heavy atom. The molecule has 0 spiro atoms. The maximum Gasteiger partial charge on any atom is 0.268 e. The molecule has 1 aromatic rings. The molecule has 1 aromatic heterocycles. The van der Waals surface area contributed by atoms with E-state index in [0.717, 1.165) is 37.8 Å². The fourth-order valence-electron chi connectivity index (χ4n) is 2.96. The van der Waals surface area contributed by atoms with Crippen LogP contribution >= 0.6 is 0 Å². The first-order valence-corrected chi connectivity index (χ1v) is 7.41. The van der Waals surface area contributed by atoms with E-state index in [-0.39, 0.29) is 11.9 Å². The lowest BCUT2D eigenvalue weighted by Gasteiger charge is -2.22. The number of amides is 1. The van der Waals surface area contributed by atoms with Crippen molar-refractivity contribution in [3.05, 3.63) is 24.0 Å². The summed E-state index contributed by atoms with van der Waals surface area (Å²) in [6.45, 7) is 0. The molecule has 1 amide bonds. The van der Waals surface area contributed by atoms with Gasteiger partial charge in [0.2, 0.25) is 0 Å². The number of nitrogens with zero attached hydrogens (tertiary/aromatic N) is 1. The number of nitrogens with one attached hydrogen (secondary N) is 1. The van der Waals surface area contributed by atoms with Gasteiger partial charge in [-0.2, -0.15) is 0 Å². The molecular weight excluding hydrogens is 240 g/mol. The van der Waals surface area contributed by atoms with Gasteiger partial charge >= 0.3 is 0 Å². The van der Waals surface area contributed by atoms with Crippen LogP contribution < -0.4 is 5.32 Å². The van der Waals surface area contributed by atoms with Crippen molar-refractivity contribution in [1.29, 1.82) is 0 Å². The summed E-state index contributed by atoms with van der Waals surface area (Å²) in [5.74, 6) is -0.0390. The quantitative estimate of drug-likeness (QED) is 0.821. The number of hydrogen-bond donors (Lipinski definition) is 2. The third kappa shape index (κ3) is 2.84. The molecule has 0 aliphatic heterocycles. The summed E-state index contributed by atoms with van der Waals surface area (Å²) in [5.41, 5.74) is 0.735. The third-order valence-corrected chi connectivity index (χ3v) is 4.25. The fraction of sp³-hybridized carbons (Fsp3) is 0.667. The van der Waals surface area contributed by atoms with Crippen LogP contribution in [0, 0.1) is 0 Å². The number of carbonyl (C=O) groups excluding carboxylic acids is 1. The summed E-state index contributed by atoms with van der Waals surface area (Å²) in [5, 5.41) is 13.1. The van der Waals surface area contributed by atoms with E-state index >= 15 is 0 Å². The standard InChI is InChI=1S/C15H22N2O2/c18-14-7-3-1-2-5-12(14)16-15(19)13-6-4-10-17(13)11-8-9-11/h4,6,10-12,14,18H,1-3,5,7-9H2,(H,16,19). The summed E-state index contributed by atoms with van der Waals surface area (Å²) in [7, 11) is 0. The Labute approximate surface area is 113 Å². The predicted molar refractivity (Wildman–Crippen MR) is 73.0 cm³/mol. The van der Waals surface area contributed by atoms with Crippen LogP contribution in [-0.2, 0) is 0 Å². The Kier molecular flexibility index (Phi) is 3.60. The molecule has 0 radical (unpaired) electrons. The van der Waals surface area contributed by atoms with Crippen LogP contribution in [0.1, 0.15) is 61.5 Å². The highest BCUT2D eigenvalue weighted by Crippen LogP contribution is 2.36. The monoisotopic (exact) mass is 262 g/mol. The van der Waals surface area contributed by atoms with Crippen molar-refractivity contribution in [3.63, 3.8) is 0 Å². The molecule has 2 unspecified atom stereocenters. The first-order chi connectivity index (χ1) is 9.25. The largest absolute Gasteiger partial charge is 0.391 e. The summed E-state index contributed by atoms with van der Waals surface area (Å²) in [6.07, 6.45) is 8.92. The SMILES string of the molecule is O=C(NC1CCCCCC1O)c1cccn1C1CC1. The van der Waals surface area contributed by atoms with Gasteiger partial charge in [-0.25, -0.2) is 0 Å².